The molecular weight excluding hydrogens is 328 g/mol. The molecule has 0 aliphatic heterocycles. The molecule has 0 aliphatic rings. The monoisotopic (exact) mass is 339 g/mol. The fraction of sp³-hybridized carbons (Fsp3) is 0.133. The van der Waals surface area contributed by atoms with Crippen LogP contribution in [-0.4, -0.2) is 5.91 Å². The second-order valence-corrected chi connectivity index (χ2v) is 5.26. The van der Waals surface area contributed by atoms with Crippen LogP contribution in [0.15, 0.2) is 46.9 Å². The summed E-state index contributed by atoms with van der Waals surface area (Å²) in [4.78, 5) is 11.9. The summed E-state index contributed by atoms with van der Waals surface area (Å²) in [5.41, 5.74) is 0.576. The molecule has 0 aliphatic carbocycles. The highest BCUT2D eigenvalue weighted by atomic mass is 79.9. The van der Waals surface area contributed by atoms with Crippen LogP contribution in [0.5, 0.6) is 0 Å². The summed E-state index contributed by atoms with van der Waals surface area (Å²) in [7, 11) is 0. The number of benzene rings is 2. The van der Waals surface area contributed by atoms with Crippen LogP contribution in [-0.2, 0) is 0 Å². The predicted molar refractivity (Wildman–Crippen MR) is 76.4 cm³/mol. The van der Waals surface area contributed by atoms with E-state index >= 15 is 0 Å². The fourth-order valence-electron chi connectivity index (χ4n) is 1.79. The van der Waals surface area contributed by atoms with Crippen molar-refractivity contribution < 1.29 is 13.6 Å². The molecular formula is C15H12BrF2NO. The van der Waals surface area contributed by atoms with E-state index in [1.807, 2.05) is 24.3 Å². The van der Waals surface area contributed by atoms with Crippen molar-refractivity contribution in [2.24, 2.45) is 0 Å². The van der Waals surface area contributed by atoms with Gasteiger partial charge in [0.1, 0.15) is 0 Å². The van der Waals surface area contributed by atoms with Gasteiger partial charge in [-0.15, -0.1) is 0 Å². The molecule has 2 nitrogen and oxygen atoms in total. The van der Waals surface area contributed by atoms with Crippen LogP contribution in [0.4, 0.5) is 8.78 Å². The lowest BCUT2D eigenvalue weighted by molar-refractivity contribution is 0.0934. The van der Waals surface area contributed by atoms with Gasteiger partial charge in [-0.25, -0.2) is 8.78 Å². The van der Waals surface area contributed by atoms with Crippen LogP contribution < -0.4 is 5.32 Å². The Balaban J connectivity index is 2.15. The smallest absolute Gasteiger partial charge is 0.254 e. The Morgan fingerprint density at radius 1 is 1.15 bits per heavy atom. The van der Waals surface area contributed by atoms with Crippen molar-refractivity contribution in [1.82, 2.24) is 5.32 Å². The summed E-state index contributed by atoms with van der Waals surface area (Å²) in [5, 5.41) is 2.64. The Morgan fingerprint density at radius 2 is 1.80 bits per heavy atom. The SMILES string of the molecule is C[C@H](NC(=O)c1cccc(F)c1F)c1ccc(Br)cc1. The maximum Gasteiger partial charge on any atom is 0.254 e. The first kappa shape index (κ1) is 14.7. The Hall–Kier alpha value is -1.75. The van der Waals surface area contributed by atoms with Crippen molar-refractivity contribution in [2.45, 2.75) is 13.0 Å². The second-order valence-electron chi connectivity index (χ2n) is 4.35. The number of hydrogen-bond acceptors (Lipinski definition) is 1. The molecule has 1 atom stereocenters. The molecule has 1 N–H and O–H groups in total. The Labute approximate surface area is 123 Å². The van der Waals surface area contributed by atoms with Crippen molar-refractivity contribution in [2.75, 3.05) is 0 Å². The van der Waals surface area contributed by atoms with E-state index in [0.29, 0.717) is 0 Å². The van der Waals surface area contributed by atoms with Gasteiger partial charge in [-0.2, -0.15) is 0 Å². The predicted octanol–water partition coefficient (Wildman–Crippen LogP) is 4.22. The van der Waals surface area contributed by atoms with E-state index in [4.69, 9.17) is 0 Å². The van der Waals surface area contributed by atoms with Gasteiger partial charge in [0.25, 0.3) is 5.91 Å². The fourth-order valence-corrected chi connectivity index (χ4v) is 2.05. The van der Waals surface area contributed by atoms with Crippen molar-refractivity contribution in [1.29, 1.82) is 0 Å². The highest BCUT2D eigenvalue weighted by Crippen LogP contribution is 2.18. The number of rotatable bonds is 3. The number of hydrogen-bond donors (Lipinski definition) is 1. The molecule has 2 aromatic rings. The lowest BCUT2D eigenvalue weighted by atomic mass is 10.1. The molecule has 1 amide bonds. The molecule has 20 heavy (non-hydrogen) atoms. The topological polar surface area (TPSA) is 29.1 Å². The third-order valence-electron chi connectivity index (χ3n) is 2.91. The van der Waals surface area contributed by atoms with Crippen molar-refractivity contribution in [3.05, 3.63) is 69.7 Å². The third-order valence-corrected chi connectivity index (χ3v) is 3.44. The molecule has 0 fully saturated rings. The molecule has 0 saturated carbocycles. The second kappa shape index (κ2) is 6.13. The molecule has 0 bridgehead atoms. The zero-order valence-electron chi connectivity index (χ0n) is 10.7. The normalized spacial score (nSPS) is 12.0. The third kappa shape index (κ3) is 3.22. The van der Waals surface area contributed by atoms with Gasteiger partial charge in [0, 0.05) is 4.47 Å². The van der Waals surface area contributed by atoms with E-state index < -0.39 is 17.5 Å². The van der Waals surface area contributed by atoms with Gasteiger partial charge in [0.15, 0.2) is 11.6 Å². The van der Waals surface area contributed by atoms with Gasteiger partial charge in [0.05, 0.1) is 11.6 Å². The number of carbonyl (C=O) groups is 1. The van der Waals surface area contributed by atoms with Crippen LogP contribution in [0.25, 0.3) is 0 Å². The summed E-state index contributed by atoms with van der Waals surface area (Å²) in [6.07, 6.45) is 0. The molecule has 0 radical (unpaired) electrons. The van der Waals surface area contributed by atoms with Crippen LogP contribution >= 0.6 is 15.9 Å². The molecule has 0 aromatic heterocycles. The van der Waals surface area contributed by atoms with Crippen LogP contribution in [0.1, 0.15) is 28.9 Å². The Kier molecular flexibility index (Phi) is 4.49. The van der Waals surface area contributed by atoms with Gasteiger partial charge in [0.2, 0.25) is 0 Å². The Bertz CT molecular complexity index is 628. The summed E-state index contributed by atoms with van der Waals surface area (Å²) in [5.74, 6) is -2.81. The van der Waals surface area contributed by atoms with Gasteiger partial charge < -0.3 is 5.32 Å². The van der Waals surface area contributed by atoms with E-state index in [9.17, 15) is 13.6 Å². The van der Waals surface area contributed by atoms with E-state index in [2.05, 4.69) is 21.2 Å². The minimum atomic E-state index is -1.13. The zero-order chi connectivity index (χ0) is 14.7. The van der Waals surface area contributed by atoms with Crippen LogP contribution in [0, 0.1) is 11.6 Å². The maximum absolute atomic E-state index is 13.5. The lowest BCUT2D eigenvalue weighted by Gasteiger charge is -2.15. The van der Waals surface area contributed by atoms with Gasteiger partial charge in [-0.05, 0) is 36.8 Å². The van der Waals surface area contributed by atoms with Crippen LogP contribution in [0.2, 0.25) is 0 Å². The first-order chi connectivity index (χ1) is 9.49. The Morgan fingerprint density at radius 3 is 2.45 bits per heavy atom. The molecule has 0 saturated heterocycles. The van der Waals surface area contributed by atoms with E-state index in [0.717, 1.165) is 16.1 Å². The quantitative estimate of drug-likeness (QED) is 0.891. The highest BCUT2D eigenvalue weighted by molar-refractivity contribution is 9.10. The standard InChI is InChI=1S/C15H12BrF2NO/c1-9(10-5-7-11(16)8-6-10)19-15(20)12-3-2-4-13(17)14(12)18/h2-9H,1H3,(H,19,20)/t9-/m0/s1. The molecule has 2 aromatic carbocycles. The average Bonchev–Trinajstić information content (AvgIpc) is 2.42. The average molecular weight is 340 g/mol. The first-order valence-electron chi connectivity index (χ1n) is 5.99. The van der Waals surface area contributed by atoms with Crippen molar-refractivity contribution >= 4 is 21.8 Å². The number of halogens is 3. The van der Waals surface area contributed by atoms with Crippen LogP contribution in [0.3, 0.4) is 0 Å². The molecule has 0 heterocycles. The molecule has 104 valence electrons. The lowest BCUT2D eigenvalue weighted by Crippen LogP contribution is -2.27. The van der Waals surface area contributed by atoms with Crippen molar-refractivity contribution in [3.63, 3.8) is 0 Å². The van der Waals surface area contributed by atoms with Crippen molar-refractivity contribution in [3.8, 4) is 0 Å². The summed E-state index contributed by atoms with van der Waals surface area (Å²) >= 11 is 3.32. The van der Waals surface area contributed by atoms with Gasteiger partial charge in [-0.1, -0.05) is 34.1 Å². The minimum absolute atomic E-state index is 0.297. The molecule has 2 rings (SSSR count). The molecule has 0 unspecified atom stereocenters. The highest BCUT2D eigenvalue weighted by Gasteiger charge is 2.17. The maximum atomic E-state index is 13.5. The van der Waals surface area contributed by atoms with E-state index in [-0.39, 0.29) is 11.6 Å². The molecule has 5 heteroatoms. The largest absolute Gasteiger partial charge is 0.345 e. The van der Waals surface area contributed by atoms with Gasteiger partial charge in [-0.3, -0.25) is 4.79 Å². The van der Waals surface area contributed by atoms with Gasteiger partial charge >= 0.3 is 0 Å². The summed E-state index contributed by atoms with van der Waals surface area (Å²) in [6, 6.07) is 10.6. The summed E-state index contributed by atoms with van der Waals surface area (Å²) < 4.78 is 27.5. The zero-order valence-corrected chi connectivity index (χ0v) is 12.2. The van der Waals surface area contributed by atoms with E-state index in [1.165, 1.54) is 12.1 Å². The minimum Gasteiger partial charge on any atom is -0.345 e. The number of amides is 1. The van der Waals surface area contributed by atoms with E-state index in [1.54, 1.807) is 6.92 Å². The summed E-state index contributed by atoms with van der Waals surface area (Å²) in [6.45, 7) is 1.78. The molecule has 0 spiro atoms. The number of nitrogens with one attached hydrogen (secondary N) is 1. The first-order valence-corrected chi connectivity index (χ1v) is 6.78. The number of carbonyl (C=O) groups excluding carboxylic acids is 1.